The standard InChI is InChI=1S/C23H29N5OS/c1-15(2)17(5)25-21(29)14-30-23-27-26-22(18-9-8-12-24-13-18)28(23)20-11-7-6-10-19(20)16(3)4/h6-13,15-17H,14H2,1-5H3,(H,25,29). The van der Waals surface area contributed by atoms with Gasteiger partial charge in [0.1, 0.15) is 0 Å². The van der Waals surface area contributed by atoms with E-state index >= 15 is 0 Å². The van der Waals surface area contributed by atoms with Crippen molar-refractivity contribution in [2.45, 2.75) is 51.7 Å². The van der Waals surface area contributed by atoms with Crippen LogP contribution in [0.1, 0.15) is 46.1 Å². The van der Waals surface area contributed by atoms with E-state index in [1.54, 1.807) is 12.4 Å². The summed E-state index contributed by atoms with van der Waals surface area (Å²) in [5.74, 6) is 1.72. The Morgan fingerprint density at radius 2 is 1.83 bits per heavy atom. The highest BCUT2D eigenvalue weighted by molar-refractivity contribution is 7.99. The molecular weight excluding hydrogens is 394 g/mol. The third kappa shape index (κ3) is 5.08. The molecule has 1 amide bonds. The highest BCUT2D eigenvalue weighted by atomic mass is 32.2. The monoisotopic (exact) mass is 423 g/mol. The number of aromatic nitrogens is 4. The molecule has 6 nitrogen and oxygen atoms in total. The number of carbonyl (C=O) groups is 1. The molecule has 7 heteroatoms. The van der Waals surface area contributed by atoms with E-state index in [-0.39, 0.29) is 17.7 Å². The Balaban J connectivity index is 1.97. The predicted octanol–water partition coefficient (Wildman–Crippen LogP) is 4.71. The normalized spacial score (nSPS) is 12.4. The molecule has 3 aromatic rings. The lowest BCUT2D eigenvalue weighted by molar-refractivity contribution is -0.119. The fourth-order valence-electron chi connectivity index (χ4n) is 3.03. The zero-order valence-corrected chi connectivity index (χ0v) is 19.0. The molecule has 1 unspecified atom stereocenters. The molecule has 158 valence electrons. The molecule has 0 bridgehead atoms. The van der Waals surface area contributed by atoms with Crippen molar-refractivity contribution in [2.75, 3.05) is 5.75 Å². The summed E-state index contributed by atoms with van der Waals surface area (Å²) in [4.78, 5) is 16.7. The van der Waals surface area contributed by atoms with Gasteiger partial charge in [0.25, 0.3) is 0 Å². The average Bonchev–Trinajstić information content (AvgIpc) is 3.16. The minimum atomic E-state index is -0.00387. The second kappa shape index (κ2) is 9.89. The molecule has 1 aromatic carbocycles. The second-order valence-corrected chi connectivity index (χ2v) is 8.93. The van der Waals surface area contributed by atoms with Gasteiger partial charge in [0.15, 0.2) is 11.0 Å². The molecule has 0 aliphatic carbocycles. The van der Waals surface area contributed by atoms with Crippen LogP contribution in [-0.2, 0) is 4.79 Å². The van der Waals surface area contributed by atoms with Crippen molar-refractivity contribution in [2.24, 2.45) is 5.92 Å². The molecule has 1 atom stereocenters. The van der Waals surface area contributed by atoms with Crippen LogP contribution >= 0.6 is 11.8 Å². The molecule has 0 fully saturated rings. The SMILES string of the molecule is CC(C)c1ccccc1-n1c(SCC(=O)NC(C)C(C)C)nnc1-c1cccnc1. The fraction of sp³-hybridized carbons (Fsp3) is 0.391. The Morgan fingerprint density at radius 3 is 2.50 bits per heavy atom. The maximum Gasteiger partial charge on any atom is 0.230 e. The van der Waals surface area contributed by atoms with Crippen LogP contribution in [0.15, 0.2) is 53.9 Å². The number of thioether (sulfide) groups is 1. The molecule has 2 aromatic heterocycles. The van der Waals surface area contributed by atoms with Crippen molar-refractivity contribution in [3.8, 4) is 17.1 Å². The Bertz CT molecular complexity index is 984. The first-order valence-corrected chi connectivity index (χ1v) is 11.2. The van der Waals surface area contributed by atoms with Gasteiger partial charge in [-0.1, -0.05) is 57.7 Å². The third-order valence-corrected chi connectivity index (χ3v) is 6.00. The quantitative estimate of drug-likeness (QED) is 0.532. The van der Waals surface area contributed by atoms with Crippen molar-refractivity contribution in [3.05, 3.63) is 54.4 Å². The van der Waals surface area contributed by atoms with Gasteiger partial charge in [0.2, 0.25) is 5.91 Å². The largest absolute Gasteiger partial charge is 0.353 e. The van der Waals surface area contributed by atoms with Gasteiger partial charge < -0.3 is 5.32 Å². The molecule has 0 aliphatic heterocycles. The summed E-state index contributed by atoms with van der Waals surface area (Å²) in [5.41, 5.74) is 3.10. The number of benzene rings is 1. The first-order chi connectivity index (χ1) is 14.4. The van der Waals surface area contributed by atoms with Crippen molar-refractivity contribution in [3.63, 3.8) is 0 Å². The van der Waals surface area contributed by atoms with E-state index in [1.165, 1.54) is 17.3 Å². The predicted molar refractivity (Wildman–Crippen MR) is 122 cm³/mol. The molecule has 1 N–H and O–H groups in total. The first-order valence-electron chi connectivity index (χ1n) is 10.3. The lowest BCUT2D eigenvalue weighted by Crippen LogP contribution is -2.37. The molecule has 30 heavy (non-hydrogen) atoms. The highest BCUT2D eigenvalue weighted by Crippen LogP contribution is 2.31. The van der Waals surface area contributed by atoms with E-state index in [0.29, 0.717) is 17.0 Å². The number of hydrogen-bond donors (Lipinski definition) is 1. The van der Waals surface area contributed by atoms with Crippen LogP contribution < -0.4 is 5.32 Å². The number of nitrogens with one attached hydrogen (secondary N) is 1. The smallest absolute Gasteiger partial charge is 0.230 e. The van der Waals surface area contributed by atoms with Crippen molar-refractivity contribution >= 4 is 17.7 Å². The zero-order valence-electron chi connectivity index (χ0n) is 18.2. The lowest BCUT2D eigenvalue weighted by Gasteiger charge is -2.18. The van der Waals surface area contributed by atoms with Gasteiger partial charge in [-0.25, -0.2) is 0 Å². The van der Waals surface area contributed by atoms with Crippen LogP contribution in [0.2, 0.25) is 0 Å². The van der Waals surface area contributed by atoms with Crippen LogP contribution in [0.5, 0.6) is 0 Å². The number of amides is 1. The van der Waals surface area contributed by atoms with Crippen LogP contribution in [0.4, 0.5) is 0 Å². The molecule has 0 saturated heterocycles. The zero-order chi connectivity index (χ0) is 21.7. The minimum Gasteiger partial charge on any atom is -0.353 e. The number of nitrogens with zero attached hydrogens (tertiary/aromatic N) is 4. The van der Waals surface area contributed by atoms with Crippen LogP contribution in [0, 0.1) is 5.92 Å². The number of hydrogen-bond acceptors (Lipinski definition) is 5. The number of carbonyl (C=O) groups excluding carboxylic acids is 1. The van der Waals surface area contributed by atoms with Crippen LogP contribution in [0.3, 0.4) is 0 Å². The van der Waals surface area contributed by atoms with Gasteiger partial charge in [-0.3, -0.25) is 14.3 Å². The van der Waals surface area contributed by atoms with Gasteiger partial charge in [-0.05, 0) is 42.5 Å². The third-order valence-electron chi connectivity index (χ3n) is 5.07. The molecule has 0 saturated carbocycles. The maximum atomic E-state index is 12.4. The van der Waals surface area contributed by atoms with Crippen molar-refractivity contribution in [1.82, 2.24) is 25.1 Å². The molecule has 2 heterocycles. The summed E-state index contributed by atoms with van der Waals surface area (Å²) in [6, 6.07) is 12.2. The molecule has 0 radical (unpaired) electrons. The lowest BCUT2D eigenvalue weighted by atomic mass is 10.0. The van der Waals surface area contributed by atoms with Gasteiger partial charge in [-0.15, -0.1) is 10.2 Å². The highest BCUT2D eigenvalue weighted by Gasteiger charge is 2.20. The van der Waals surface area contributed by atoms with Crippen molar-refractivity contribution < 1.29 is 4.79 Å². The summed E-state index contributed by atoms with van der Waals surface area (Å²) < 4.78 is 2.04. The van der Waals surface area contributed by atoms with Gasteiger partial charge in [-0.2, -0.15) is 0 Å². The summed E-state index contributed by atoms with van der Waals surface area (Å²) in [6.07, 6.45) is 3.52. The fourth-order valence-corrected chi connectivity index (χ4v) is 3.79. The first kappa shape index (κ1) is 22.0. The van der Waals surface area contributed by atoms with Crippen LogP contribution in [-0.4, -0.2) is 37.5 Å². The van der Waals surface area contributed by atoms with E-state index in [4.69, 9.17) is 0 Å². The minimum absolute atomic E-state index is 0.00387. The van der Waals surface area contributed by atoms with Crippen LogP contribution in [0.25, 0.3) is 17.1 Å². The summed E-state index contributed by atoms with van der Waals surface area (Å²) in [5, 5.41) is 12.6. The Labute approximate surface area is 182 Å². The van der Waals surface area contributed by atoms with E-state index < -0.39 is 0 Å². The van der Waals surface area contributed by atoms with Gasteiger partial charge >= 0.3 is 0 Å². The van der Waals surface area contributed by atoms with E-state index in [9.17, 15) is 4.79 Å². The summed E-state index contributed by atoms with van der Waals surface area (Å²) >= 11 is 1.40. The number of pyridine rings is 1. The van der Waals surface area contributed by atoms with E-state index in [0.717, 1.165) is 17.1 Å². The second-order valence-electron chi connectivity index (χ2n) is 7.99. The van der Waals surface area contributed by atoms with Crippen molar-refractivity contribution in [1.29, 1.82) is 0 Å². The molecule has 3 rings (SSSR count). The average molecular weight is 424 g/mol. The molecular formula is C23H29N5OS. The van der Waals surface area contributed by atoms with Gasteiger partial charge in [0, 0.05) is 24.0 Å². The Hall–Kier alpha value is -2.67. The molecule has 0 aliphatic rings. The number of para-hydroxylation sites is 1. The Kier molecular flexibility index (Phi) is 7.26. The maximum absolute atomic E-state index is 12.4. The summed E-state index contributed by atoms with van der Waals surface area (Å²) in [6.45, 7) is 10.5. The van der Waals surface area contributed by atoms with E-state index in [1.807, 2.05) is 35.8 Å². The summed E-state index contributed by atoms with van der Waals surface area (Å²) in [7, 11) is 0. The number of rotatable bonds is 8. The van der Waals surface area contributed by atoms with E-state index in [2.05, 4.69) is 60.3 Å². The van der Waals surface area contributed by atoms with Gasteiger partial charge in [0.05, 0.1) is 11.4 Å². The molecule has 0 spiro atoms. The topological polar surface area (TPSA) is 72.7 Å². The Morgan fingerprint density at radius 1 is 1.07 bits per heavy atom.